The van der Waals surface area contributed by atoms with Crippen molar-refractivity contribution in [2.24, 2.45) is 0 Å². The van der Waals surface area contributed by atoms with Crippen LogP contribution < -0.4 is 103 Å². The first kappa shape index (κ1) is 16.4. The molecule has 0 spiro atoms. The maximum absolute atomic E-state index is 2.81. The molecule has 0 rings (SSSR count). The van der Waals surface area contributed by atoms with Gasteiger partial charge in [0.1, 0.15) is 0 Å². The van der Waals surface area contributed by atoms with Crippen LogP contribution in [-0.2, 0) is 0 Å². The molecular weight excluding hydrogens is 315 g/mol. The van der Waals surface area contributed by atoms with Gasteiger partial charge in [0, 0.05) is 0 Å². The van der Waals surface area contributed by atoms with Crippen LogP contribution in [0.25, 0.3) is 0 Å². The summed E-state index contributed by atoms with van der Waals surface area (Å²) in [5.74, 6) is 0. The predicted octanol–water partition coefficient (Wildman–Crippen LogP) is -7.13. The van der Waals surface area contributed by atoms with Crippen LogP contribution in [0.5, 0.6) is 0 Å². The van der Waals surface area contributed by atoms with Crippen molar-refractivity contribution in [3.63, 3.8) is 0 Å². The molecule has 0 saturated heterocycles. The van der Waals surface area contributed by atoms with Gasteiger partial charge in [0.2, 0.25) is 0 Å². The quantitative estimate of drug-likeness (QED) is 0.390. The fraction of sp³-hybridized carbons (Fsp3) is 0. The van der Waals surface area contributed by atoms with Gasteiger partial charge in [-0.15, -0.1) is 0 Å². The third-order valence-corrected chi connectivity index (χ3v) is 0. The van der Waals surface area contributed by atoms with E-state index in [9.17, 15) is 0 Å². The van der Waals surface area contributed by atoms with Crippen molar-refractivity contribution in [2.45, 2.75) is 0 Å². The van der Waals surface area contributed by atoms with E-state index in [2.05, 4.69) is 28.4 Å². The molecule has 0 amide bonds. The molecule has 0 fully saturated rings. The Kier molecular flexibility index (Phi) is 52.3. The monoisotopic (exact) mass is 318 g/mol. The molecule has 0 aliphatic carbocycles. The van der Waals surface area contributed by atoms with Crippen molar-refractivity contribution in [3.8, 4) is 0 Å². The van der Waals surface area contributed by atoms with E-state index in [1.807, 2.05) is 0 Å². The SMILES string of the molecule is [K+].[K+].[Se-][Se][Se-]. The zero-order valence-corrected chi connectivity index (χ0v) is 14.6. The summed E-state index contributed by atoms with van der Waals surface area (Å²) in [6, 6.07) is 0. The van der Waals surface area contributed by atoms with Gasteiger partial charge < -0.3 is 0 Å². The first-order chi connectivity index (χ1) is 1.41. The molecule has 0 aromatic rings. The molecule has 0 radical (unpaired) electrons. The Labute approximate surface area is 137 Å². The van der Waals surface area contributed by atoms with Crippen LogP contribution in [0.1, 0.15) is 0 Å². The van der Waals surface area contributed by atoms with Gasteiger partial charge in [0.25, 0.3) is 0 Å². The molecule has 0 heterocycles. The van der Waals surface area contributed by atoms with Crippen LogP contribution in [0.3, 0.4) is 0 Å². The molecular formula is K2Se3. The Morgan fingerprint density at radius 2 is 1.00 bits per heavy atom. The minimum atomic E-state index is 0. The van der Waals surface area contributed by atoms with E-state index in [0.717, 1.165) is 0 Å². The van der Waals surface area contributed by atoms with Crippen molar-refractivity contribution in [3.05, 3.63) is 0 Å². The van der Waals surface area contributed by atoms with Gasteiger partial charge in [-0.1, -0.05) is 0 Å². The third-order valence-electron chi connectivity index (χ3n) is 0. The van der Waals surface area contributed by atoms with Gasteiger partial charge in [-0.3, -0.25) is 0 Å². The molecule has 0 nitrogen and oxygen atoms in total. The van der Waals surface area contributed by atoms with Gasteiger partial charge in [-0.05, 0) is 0 Å². The molecule has 5 heteroatoms. The number of rotatable bonds is 0. The van der Waals surface area contributed by atoms with E-state index in [1.165, 1.54) is 0 Å². The van der Waals surface area contributed by atoms with Crippen molar-refractivity contribution >= 4 is 39.7 Å². The van der Waals surface area contributed by atoms with Crippen molar-refractivity contribution in [1.82, 2.24) is 0 Å². The molecule has 0 bridgehead atoms. The van der Waals surface area contributed by atoms with E-state index >= 15 is 0 Å². The normalized spacial score (nSPS) is 3.60. The van der Waals surface area contributed by atoms with E-state index in [4.69, 9.17) is 0 Å². The summed E-state index contributed by atoms with van der Waals surface area (Å²) in [6.45, 7) is 0. The third kappa shape index (κ3) is 17.7. The van der Waals surface area contributed by atoms with E-state index in [0.29, 0.717) is 11.3 Å². The van der Waals surface area contributed by atoms with Crippen molar-refractivity contribution in [1.29, 1.82) is 0 Å². The second-order valence-electron chi connectivity index (χ2n) is 0.0680. The summed E-state index contributed by atoms with van der Waals surface area (Å²) >= 11 is 6.25. The Morgan fingerprint density at radius 1 is 1.00 bits per heavy atom. The van der Waals surface area contributed by atoms with Crippen molar-refractivity contribution in [2.75, 3.05) is 0 Å². The minimum absolute atomic E-state index is 0. The summed E-state index contributed by atoms with van der Waals surface area (Å²) < 4.78 is 0. The Bertz CT molecular complexity index is 4.85. The molecule has 0 unspecified atom stereocenters. The van der Waals surface area contributed by atoms with Crippen LogP contribution in [-0.4, -0.2) is 39.7 Å². The second-order valence-corrected chi connectivity index (χ2v) is 9.55. The standard InChI is InChI=1S/2K.H2Se3/c;;1-3-2/h;;1-2H/q2*+1;/p-2. The van der Waals surface area contributed by atoms with Crippen molar-refractivity contribution < 1.29 is 103 Å². The van der Waals surface area contributed by atoms with Crippen LogP contribution in [0.2, 0.25) is 0 Å². The molecule has 0 N–H and O–H groups in total. The Hall–Kier alpha value is 4.83. The van der Waals surface area contributed by atoms with Gasteiger partial charge in [-0.25, -0.2) is 0 Å². The fourth-order valence-electron chi connectivity index (χ4n) is 0. The average molecular weight is 315 g/mol. The molecule has 0 aliphatic heterocycles. The second kappa shape index (κ2) is 15.9. The zero-order valence-electron chi connectivity index (χ0n) is 3.22. The maximum atomic E-state index is 2.81. The summed E-state index contributed by atoms with van der Waals surface area (Å²) in [6.07, 6.45) is 0. The Morgan fingerprint density at radius 3 is 1.00 bits per heavy atom. The predicted molar refractivity (Wildman–Crippen MR) is 17.3 cm³/mol. The van der Waals surface area contributed by atoms with E-state index in [-0.39, 0.29) is 103 Å². The zero-order chi connectivity index (χ0) is 2.71. The molecule has 0 aromatic heterocycles. The molecule has 0 aromatic carbocycles. The average Bonchev–Trinajstić information content (AvgIpc) is 0.918. The first-order valence-corrected chi connectivity index (χ1v) is 9.00. The summed E-state index contributed by atoms with van der Waals surface area (Å²) in [5.41, 5.74) is 0. The number of hydrogen-bond acceptors (Lipinski definition) is 0. The van der Waals surface area contributed by atoms with Crippen LogP contribution in [0, 0.1) is 0 Å². The van der Waals surface area contributed by atoms with Crippen LogP contribution >= 0.6 is 0 Å². The van der Waals surface area contributed by atoms with Gasteiger partial charge in [-0.2, -0.15) is 0 Å². The van der Waals surface area contributed by atoms with Gasteiger partial charge >= 0.3 is 142 Å². The van der Waals surface area contributed by atoms with Crippen LogP contribution in [0.15, 0.2) is 0 Å². The molecule has 0 saturated carbocycles. The first-order valence-electron chi connectivity index (χ1n) is 0.333. The molecule has 20 valence electrons. The Balaban J connectivity index is -0.0000000200. The topological polar surface area (TPSA) is 0 Å². The summed E-state index contributed by atoms with van der Waals surface area (Å²) in [4.78, 5) is 0. The van der Waals surface area contributed by atoms with Gasteiger partial charge in [0.15, 0.2) is 0 Å². The molecule has 0 aliphatic rings. The van der Waals surface area contributed by atoms with Crippen LogP contribution in [0.4, 0.5) is 0 Å². The number of hydrogen-bond donors (Lipinski definition) is 0. The summed E-state index contributed by atoms with van der Waals surface area (Å²) in [5, 5.41) is 0. The van der Waals surface area contributed by atoms with E-state index < -0.39 is 0 Å². The molecule has 0 atom stereocenters. The fourth-order valence-corrected chi connectivity index (χ4v) is 0. The van der Waals surface area contributed by atoms with Gasteiger partial charge in [0.05, 0.1) is 0 Å². The summed E-state index contributed by atoms with van der Waals surface area (Å²) in [7, 11) is 0. The molecule has 5 heavy (non-hydrogen) atoms. The van der Waals surface area contributed by atoms with E-state index in [1.54, 1.807) is 0 Å².